The molecule has 0 aliphatic heterocycles. The van der Waals surface area contributed by atoms with Gasteiger partial charge in [0.2, 0.25) is 0 Å². The largest absolute Gasteiger partial charge is 0.493 e. The van der Waals surface area contributed by atoms with E-state index in [9.17, 15) is 19.3 Å². The number of methoxy groups -OCH3 is 1. The fourth-order valence-electron chi connectivity index (χ4n) is 3.37. The molecule has 0 fully saturated rings. The zero-order valence-electron chi connectivity index (χ0n) is 19.4. The second-order valence-electron chi connectivity index (χ2n) is 7.53. The number of nitrogens with zero attached hydrogens (tertiary/aromatic N) is 4. The van der Waals surface area contributed by atoms with Crippen LogP contribution in [0.25, 0.3) is 0 Å². The third-order valence-corrected chi connectivity index (χ3v) is 5.58. The minimum absolute atomic E-state index is 0.0896. The van der Waals surface area contributed by atoms with Gasteiger partial charge in [-0.2, -0.15) is 10.2 Å². The maximum Gasteiger partial charge on any atom is 0.312 e. The minimum atomic E-state index is -0.824. The Kier molecular flexibility index (Phi) is 8.02. The fraction of sp³-hybridized carbons (Fsp3) is 0.261. The maximum atomic E-state index is 14.0. The van der Waals surface area contributed by atoms with Crippen LogP contribution in [0.3, 0.4) is 0 Å². The molecular formula is C23H23ClFN5O5. The molecular weight excluding hydrogens is 481 g/mol. The molecule has 1 atom stereocenters. The van der Waals surface area contributed by atoms with Gasteiger partial charge < -0.3 is 9.47 Å². The number of ether oxygens (including phenoxy) is 2. The second kappa shape index (κ2) is 11.0. The van der Waals surface area contributed by atoms with Crippen LogP contribution >= 0.6 is 11.6 Å². The maximum absolute atomic E-state index is 14.0. The average molecular weight is 504 g/mol. The monoisotopic (exact) mass is 503 g/mol. The summed E-state index contributed by atoms with van der Waals surface area (Å²) in [6, 6.07) is 8.48. The van der Waals surface area contributed by atoms with Crippen molar-refractivity contribution < 1.29 is 23.6 Å². The van der Waals surface area contributed by atoms with Crippen LogP contribution in [0.15, 0.2) is 41.5 Å². The highest BCUT2D eigenvalue weighted by Crippen LogP contribution is 2.30. The summed E-state index contributed by atoms with van der Waals surface area (Å²) in [4.78, 5) is 23.1. The number of aromatic nitrogens is 2. The van der Waals surface area contributed by atoms with E-state index in [1.807, 2.05) is 0 Å². The van der Waals surface area contributed by atoms with Crippen molar-refractivity contribution in [2.75, 3.05) is 7.11 Å². The summed E-state index contributed by atoms with van der Waals surface area (Å²) in [5.41, 5.74) is 3.59. The molecule has 0 saturated heterocycles. The van der Waals surface area contributed by atoms with Gasteiger partial charge in [-0.05, 0) is 56.7 Å². The summed E-state index contributed by atoms with van der Waals surface area (Å²) >= 11 is 6.03. The lowest BCUT2D eigenvalue weighted by Gasteiger charge is -2.13. The van der Waals surface area contributed by atoms with Crippen molar-refractivity contribution in [3.05, 3.63) is 79.9 Å². The molecule has 0 aliphatic carbocycles. The topological polar surface area (TPSA) is 121 Å². The molecule has 0 radical (unpaired) electrons. The van der Waals surface area contributed by atoms with Crippen LogP contribution < -0.4 is 14.9 Å². The van der Waals surface area contributed by atoms with Crippen LogP contribution in [0, 0.1) is 29.8 Å². The molecule has 35 heavy (non-hydrogen) atoms. The normalized spacial score (nSPS) is 11.9. The van der Waals surface area contributed by atoms with E-state index < -0.39 is 22.7 Å². The van der Waals surface area contributed by atoms with Crippen LogP contribution in [0.1, 0.15) is 35.5 Å². The van der Waals surface area contributed by atoms with E-state index in [1.165, 1.54) is 44.0 Å². The van der Waals surface area contributed by atoms with Crippen molar-refractivity contribution in [2.45, 2.75) is 33.4 Å². The predicted octanol–water partition coefficient (Wildman–Crippen LogP) is 4.50. The number of carbonyl (C=O) groups excluding carboxylic acids is 1. The molecule has 3 aromatic rings. The third-order valence-electron chi connectivity index (χ3n) is 5.23. The number of carbonyl (C=O) groups is 1. The van der Waals surface area contributed by atoms with Crippen molar-refractivity contribution in [3.8, 4) is 11.5 Å². The molecule has 1 aromatic heterocycles. The third kappa shape index (κ3) is 5.75. The number of aryl methyl sites for hydroxylation is 1. The standard InChI is InChI=1S/C23H23ClFN5O5/c1-13-22(30(32)33)14(2)29(28-13)15(3)23(31)27-26-11-16-8-9-20(21(10-16)34-4)35-12-17-18(24)6-5-7-19(17)25/h5-11,15H,12H2,1-4H3,(H,27,31)/b26-11+. The van der Waals surface area contributed by atoms with Gasteiger partial charge >= 0.3 is 5.69 Å². The summed E-state index contributed by atoms with van der Waals surface area (Å²) in [5, 5.41) is 19.5. The summed E-state index contributed by atoms with van der Waals surface area (Å²) in [6.07, 6.45) is 1.40. The first kappa shape index (κ1) is 25.6. The van der Waals surface area contributed by atoms with Gasteiger partial charge in [0.05, 0.1) is 23.3 Å². The van der Waals surface area contributed by atoms with Gasteiger partial charge in [-0.15, -0.1) is 0 Å². The zero-order chi connectivity index (χ0) is 25.7. The van der Waals surface area contributed by atoms with Crippen LogP contribution in [-0.4, -0.2) is 33.9 Å². The Morgan fingerprint density at radius 1 is 1.34 bits per heavy atom. The van der Waals surface area contributed by atoms with Crippen molar-refractivity contribution in [1.82, 2.24) is 15.2 Å². The number of nitro groups is 1. The van der Waals surface area contributed by atoms with Crippen LogP contribution in [0.4, 0.5) is 10.1 Å². The first-order chi connectivity index (χ1) is 16.6. The van der Waals surface area contributed by atoms with Gasteiger partial charge in [-0.3, -0.25) is 19.6 Å². The summed E-state index contributed by atoms with van der Waals surface area (Å²) in [7, 11) is 1.45. The molecule has 1 heterocycles. The van der Waals surface area contributed by atoms with E-state index in [2.05, 4.69) is 15.6 Å². The minimum Gasteiger partial charge on any atom is -0.493 e. The summed E-state index contributed by atoms with van der Waals surface area (Å²) in [6.45, 7) is 4.51. The van der Waals surface area contributed by atoms with E-state index in [0.717, 1.165) is 0 Å². The Morgan fingerprint density at radius 3 is 2.71 bits per heavy atom. The molecule has 2 aromatic carbocycles. The molecule has 1 N–H and O–H groups in total. The van der Waals surface area contributed by atoms with E-state index in [4.69, 9.17) is 21.1 Å². The lowest BCUT2D eigenvalue weighted by molar-refractivity contribution is -0.386. The molecule has 10 nitrogen and oxygen atoms in total. The average Bonchev–Trinajstić information content (AvgIpc) is 3.12. The van der Waals surface area contributed by atoms with Crippen molar-refractivity contribution in [1.29, 1.82) is 0 Å². The van der Waals surface area contributed by atoms with E-state index in [-0.39, 0.29) is 34.3 Å². The first-order valence-electron chi connectivity index (χ1n) is 10.4. The molecule has 0 spiro atoms. The highest BCUT2D eigenvalue weighted by Gasteiger charge is 2.26. The molecule has 0 aliphatic rings. The predicted molar refractivity (Wildman–Crippen MR) is 128 cm³/mol. The number of hydrogen-bond acceptors (Lipinski definition) is 7. The zero-order valence-corrected chi connectivity index (χ0v) is 20.2. The van der Waals surface area contributed by atoms with Crippen molar-refractivity contribution in [2.24, 2.45) is 5.10 Å². The molecule has 1 unspecified atom stereocenters. The summed E-state index contributed by atoms with van der Waals surface area (Å²) < 4.78 is 26.3. The number of amides is 1. The fourth-order valence-corrected chi connectivity index (χ4v) is 3.59. The van der Waals surface area contributed by atoms with Crippen LogP contribution in [-0.2, 0) is 11.4 Å². The van der Waals surface area contributed by atoms with E-state index in [1.54, 1.807) is 31.2 Å². The molecule has 0 bridgehead atoms. The highest BCUT2D eigenvalue weighted by atomic mass is 35.5. The Labute approximate surface area is 205 Å². The number of rotatable bonds is 9. The van der Waals surface area contributed by atoms with Gasteiger partial charge in [0.15, 0.2) is 11.5 Å². The van der Waals surface area contributed by atoms with E-state index in [0.29, 0.717) is 17.1 Å². The number of benzene rings is 2. The quantitative estimate of drug-likeness (QED) is 0.261. The van der Waals surface area contributed by atoms with Gasteiger partial charge in [0, 0.05) is 5.56 Å². The Morgan fingerprint density at radius 2 is 2.09 bits per heavy atom. The van der Waals surface area contributed by atoms with E-state index >= 15 is 0 Å². The Bertz CT molecular complexity index is 1270. The van der Waals surface area contributed by atoms with Gasteiger partial charge in [0.25, 0.3) is 5.91 Å². The van der Waals surface area contributed by atoms with Crippen molar-refractivity contribution >= 4 is 29.4 Å². The molecule has 0 saturated carbocycles. The highest BCUT2D eigenvalue weighted by molar-refractivity contribution is 6.31. The van der Waals surface area contributed by atoms with Crippen molar-refractivity contribution in [3.63, 3.8) is 0 Å². The smallest absolute Gasteiger partial charge is 0.312 e. The molecule has 1 amide bonds. The molecule has 3 rings (SSSR count). The number of nitrogens with one attached hydrogen (secondary N) is 1. The summed E-state index contributed by atoms with van der Waals surface area (Å²) in [5.74, 6) is -0.237. The van der Waals surface area contributed by atoms with Crippen LogP contribution in [0.5, 0.6) is 11.5 Å². The van der Waals surface area contributed by atoms with Gasteiger partial charge in [0.1, 0.15) is 29.9 Å². The molecule has 184 valence electrons. The number of hydrogen-bond donors (Lipinski definition) is 1. The Balaban J connectivity index is 1.66. The first-order valence-corrected chi connectivity index (χ1v) is 10.8. The molecule has 12 heteroatoms. The number of halogens is 2. The van der Waals surface area contributed by atoms with Gasteiger partial charge in [-0.25, -0.2) is 9.82 Å². The lowest BCUT2D eigenvalue weighted by Crippen LogP contribution is -2.28. The Hall–Kier alpha value is -3.99. The van der Waals surface area contributed by atoms with Gasteiger partial charge in [-0.1, -0.05) is 17.7 Å². The SMILES string of the molecule is COc1cc(/C=N/NC(=O)C(C)n2nc(C)c([N+](=O)[O-])c2C)ccc1OCc1c(F)cccc1Cl. The second-order valence-corrected chi connectivity index (χ2v) is 7.94. The number of hydrazone groups is 1. The van der Waals surface area contributed by atoms with Crippen LogP contribution in [0.2, 0.25) is 5.02 Å². The lowest BCUT2D eigenvalue weighted by atomic mass is 10.2.